The van der Waals surface area contributed by atoms with Gasteiger partial charge in [0.25, 0.3) is 10.0 Å². The lowest BCUT2D eigenvalue weighted by molar-refractivity contribution is 0.566. The van der Waals surface area contributed by atoms with Crippen molar-refractivity contribution in [3.05, 3.63) is 52.8 Å². The van der Waals surface area contributed by atoms with Crippen LogP contribution in [-0.2, 0) is 10.0 Å². The minimum absolute atomic E-state index is 0.125. The quantitative estimate of drug-likeness (QED) is 0.793. The van der Waals surface area contributed by atoms with Crippen LogP contribution >= 0.6 is 22.9 Å². The SMILES string of the molecule is C[C@@H](NS(=O)(=O)c1sccc1Cl)c1cn2ccccc2n1. The highest BCUT2D eigenvalue weighted by Crippen LogP contribution is 2.28. The Morgan fingerprint density at radius 1 is 1.38 bits per heavy atom. The first-order chi connectivity index (χ1) is 9.97. The summed E-state index contributed by atoms with van der Waals surface area (Å²) in [7, 11) is -3.65. The van der Waals surface area contributed by atoms with Gasteiger partial charge < -0.3 is 4.40 Å². The molecule has 21 heavy (non-hydrogen) atoms. The van der Waals surface area contributed by atoms with Gasteiger partial charge in [-0.2, -0.15) is 0 Å². The summed E-state index contributed by atoms with van der Waals surface area (Å²) in [6, 6.07) is 6.75. The molecule has 1 N–H and O–H groups in total. The van der Waals surface area contributed by atoms with E-state index in [2.05, 4.69) is 9.71 Å². The van der Waals surface area contributed by atoms with Crippen molar-refractivity contribution in [1.82, 2.24) is 14.1 Å². The number of thiophene rings is 1. The van der Waals surface area contributed by atoms with Crippen LogP contribution in [0.2, 0.25) is 5.02 Å². The van der Waals surface area contributed by atoms with Crippen LogP contribution in [0, 0.1) is 0 Å². The molecule has 0 radical (unpaired) electrons. The summed E-state index contributed by atoms with van der Waals surface area (Å²) in [6.45, 7) is 1.75. The topological polar surface area (TPSA) is 63.5 Å². The van der Waals surface area contributed by atoms with Gasteiger partial charge in [0, 0.05) is 12.4 Å². The third-order valence-corrected chi connectivity index (χ3v) is 6.55. The molecule has 0 fully saturated rings. The second-order valence-corrected chi connectivity index (χ2v) is 7.76. The van der Waals surface area contributed by atoms with E-state index >= 15 is 0 Å². The number of nitrogens with one attached hydrogen (secondary N) is 1. The predicted molar refractivity (Wildman–Crippen MR) is 83.3 cm³/mol. The third kappa shape index (κ3) is 2.82. The fraction of sp³-hybridized carbons (Fsp3) is 0.154. The molecule has 0 unspecified atom stereocenters. The zero-order valence-electron chi connectivity index (χ0n) is 11.0. The number of hydrogen-bond acceptors (Lipinski definition) is 4. The molecule has 3 aromatic heterocycles. The monoisotopic (exact) mass is 341 g/mol. The first-order valence-electron chi connectivity index (χ1n) is 6.16. The van der Waals surface area contributed by atoms with Crippen molar-refractivity contribution in [2.45, 2.75) is 17.2 Å². The van der Waals surface area contributed by atoms with Gasteiger partial charge in [0.05, 0.1) is 16.8 Å². The van der Waals surface area contributed by atoms with Crippen LogP contribution in [0.15, 0.2) is 46.2 Å². The van der Waals surface area contributed by atoms with Gasteiger partial charge in [-0.05, 0) is 30.5 Å². The van der Waals surface area contributed by atoms with Crippen LogP contribution in [0.4, 0.5) is 0 Å². The molecule has 0 saturated carbocycles. The number of hydrogen-bond donors (Lipinski definition) is 1. The van der Waals surface area contributed by atoms with Gasteiger partial charge in [-0.25, -0.2) is 18.1 Å². The van der Waals surface area contributed by atoms with E-state index in [0.717, 1.165) is 17.0 Å². The Balaban J connectivity index is 1.89. The van der Waals surface area contributed by atoms with Crippen molar-refractivity contribution >= 4 is 38.6 Å². The van der Waals surface area contributed by atoms with Gasteiger partial charge in [0.15, 0.2) is 4.21 Å². The molecule has 0 aromatic carbocycles. The number of rotatable bonds is 4. The first-order valence-corrected chi connectivity index (χ1v) is 8.90. The first kappa shape index (κ1) is 14.5. The van der Waals surface area contributed by atoms with Gasteiger partial charge in [-0.15, -0.1) is 11.3 Å². The van der Waals surface area contributed by atoms with Gasteiger partial charge in [0.1, 0.15) is 5.65 Å². The molecule has 0 saturated heterocycles. The third-order valence-electron chi connectivity index (χ3n) is 2.99. The number of nitrogens with zero attached hydrogens (tertiary/aromatic N) is 2. The van der Waals surface area contributed by atoms with Crippen LogP contribution < -0.4 is 4.72 Å². The average Bonchev–Trinajstić information content (AvgIpc) is 3.03. The number of aromatic nitrogens is 2. The van der Waals surface area contributed by atoms with Crippen LogP contribution in [-0.4, -0.2) is 17.8 Å². The molecular formula is C13H12ClN3O2S2. The van der Waals surface area contributed by atoms with Crippen LogP contribution in [0.25, 0.3) is 5.65 Å². The van der Waals surface area contributed by atoms with Crippen LogP contribution in [0.3, 0.4) is 0 Å². The van der Waals surface area contributed by atoms with Crippen molar-refractivity contribution in [3.8, 4) is 0 Å². The Morgan fingerprint density at radius 3 is 2.86 bits per heavy atom. The van der Waals surface area contributed by atoms with E-state index in [1.165, 1.54) is 0 Å². The van der Waals surface area contributed by atoms with E-state index in [1.807, 2.05) is 28.8 Å². The number of pyridine rings is 1. The number of fused-ring (bicyclic) bond motifs is 1. The maximum Gasteiger partial charge on any atom is 0.252 e. The molecule has 5 nitrogen and oxygen atoms in total. The lowest BCUT2D eigenvalue weighted by atomic mass is 10.3. The summed E-state index contributed by atoms with van der Waals surface area (Å²) >= 11 is 6.98. The zero-order valence-corrected chi connectivity index (χ0v) is 13.4. The van der Waals surface area contributed by atoms with Gasteiger partial charge in [-0.1, -0.05) is 17.7 Å². The summed E-state index contributed by atoms with van der Waals surface area (Å²) in [5.74, 6) is 0. The second-order valence-electron chi connectivity index (χ2n) is 4.53. The smallest absolute Gasteiger partial charge is 0.252 e. The van der Waals surface area contributed by atoms with E-state index in [1.54, 1.807) is 24.6 Å². The minimum Gasteiger partial charge on any atom is -0.307 e. The highest BCUT2D eigenvalue weighted by molar-refractivity contribution is 7.91. The lowest BCUT2D eigenvalue weighted by Gasteiger charge is -2.11. The molecule has 0 aliphatic heterocycles. The van der Waals surface area contributed by atoms with Crippen molar-refractivity contribution in [2.75, 3.05) is 0 Å². The van der Waals surface area contributed by atoms with Gasteiger partial charge in [-0.3, -0.25) is 0 Å². The van der Waals surface area contributed by atoms with Crippen molar-refractivity contribution < 1.29 is 8.42 Å². The number of imidazole rings is 1. The largest absolute Gasteiger partial charge is 0.307 e. The normalized spacial score (nSPS) is 13.6. The fourth-order valence-electron chi connectivity index (χ4n) is 1.98. The molecule has 3 aromatic rings. The molecule has 3 heterocycles. The van der Waals surface area contributed by atoms with E-state index in [-0.39, 0.29) is 9.23 Å². The molecule has 0 spiro atoms. The molecule has 8 heteroatoms. The molecule has 3 rings (SSSR count). The van der Waals surface area contributed by atoms with Crippen LogP contribution in [0.1, 0.15) is 18.7 Å². The van der Waals surface area contributed by atoms with E-state index in [9.17, 15) is 8.42 Å². The maximum absolute atomic E-state index is 12.3. The Bertz CT molecular complexity index is 853. The summed E-state index contributed by atoms with van der Waals surface area (Å²) in [6.07, 6.45) is 3.67. The summed E-state index contributed by atoms with van der Waals surface area (Å²) in [5, 5.41) is 1.88. The molecule has 110 valence electrons. The zero-order chi connectivity index (χ0) is 15.0. The maximum atomic E-state index is 12.3. The molecule has 1 atom stereocenters. The minimum atomic E-state index is -3.65. The average molecular weight is 342 g/mol. The Hall–Kier alpha value is -1.41. The van der Waals surface area contributed by atoms with E-state index in [4.69, 9.17) is 11.6 Å². The van der Waals surface area contributed by atoms with Gasteiger partial charge in [0.2, 0.25) is 0 Å². The van der Waals surface area contributed by atoms with Crippen molar-refractivity contribution in [3.63, 3.8) is 0 Å². The predicted octanol–water partition coefficient (Wildman–Crippen LogP) is 3.09. The fourth-order valence-corrected chi connectivity index (χ4v) is 4.90. The summed E-state index contributed by atoms with van der Waals surface area (Å²) < 4.78 is 29.2. The number of halogens is 1. The Labute approximate surface area is 131 Å². The van der Waals surface area contributed by atoms with Gasteiger partial charge >= 0.3 is 0 Å². The lowest BCUT2D eigenvalue weighted by Crippen LogP contribution is -2.26. The molecular weight excluding hydrogens is 330 g/mol. The molecule has 0 aliphatic carbocycles. The summed E-state index contributed by atoms with van der Waals surface area (Å²) in [4.78, 5) is 4.41. The molecule has 0 amide bonds. The van der Waals surface area contributed by atoms with E-state index in [0.29, 0.717) is 5.69 Å². The van der Waals surface area contributed by atoms with Crippen molar-refractivity contribution in [2.24, 2.45) is 0 Å². The number of sulfonamides is 1. The molecule has 0 aliphatic rings. The highest BCUT2D eigenvalue weighted by atomic mass is 35.5. The van der Waals surface area contributed by atoms with Crippen molar-refractivity contribution in [1.29, 1.82) is 0 Å². The Morgan fingerprint density at radius 2 is 2.19 bits per heavy atom. The Kier molecular flexibility index (Phi) is 3.75. The van der Waals surface area contributed by atoms with E-state index < -0.39 is 16.1 Å². The highest BCUT2D eigenvalue weighted by Gasteiger charge is 2.23. The second kappa shape index (κ2) is 5.42. The standard InChI is InChI=1S/C13H12ClN3O2S2/c1-9(11-8-17-6-3-2-4-12(17)15-11)16-21(18,19)13-10(14)5-7-20-13/h2-9,16H,1H3/t9-/m1/s1. The molecule has 0 bridgehead atoms. The van der Waals surface area contributed by atoms with Crippen LogP contribution in [0.5, 0.6) is 0 Å². The summed E-state index contributed by atoms with van der Waals surface area (Å²) in [5.41, 5.74) is 1.42.